The van der Waals surface area contributed by atoms with Gasteiger partial charge in [-0.15, -0.1) is 0 Å². The average Bonchev–Trinajstić information content (AvgIpc) is 2.47. The van der Waals surface area contributed by atoms with Gasteiger partial charge in [-0.05, 0) is 55.6 Å². The van der Waals surface area contributed by atoms with Crippen LogP contribution < -0.4 is 5.19 Å². The lowest BCUT2D eigenvalue weighted by Gasteiger charge is -2.45. The van der Waals surface area contributed by atoms with Gasteiger partial charge in [-0.3, -0.25) is 0 Å². The number of hydrogen-bond acceptors (Lipinski definition) is 1. The van der Waals surface area contributed by atoms with Crippen LogP contribution in [-0.2, 0) is 4.43 Å². The van der Waals surface area contributed by atoms with Crippen molar-refractivity contribution < 1.29 is 4.43 Å². The molecule has 3 heteroatoms. The molecule has 1 aromatic rings. The largest absolute Gasteiger partial charge is 0.550 e. The summed E-state index contributed by atoms with van der Waals surface area (Å²) >= 11 is 0. The normalized spacial score (nSPS) is 23.0. The van der Waals surface area contributed by atoms with Crippen molar-refractivity contribution in [1.82, 2.24) is 0 Å². The molecule has 1 aliphatic carbocycles. The lowest BCUT2D eigenvalue weighted by molar-refractivity contribution is 0.475. The zero-order valence-corrected chi connectivity index (χ0v) is 17.6. The van der Waals surface area contributed by atoms with Crippen LogP contribution in [0, 0.1) is 0 Å². The van der Waals surface area contributed by atoms with E-state index in [1.54, 1.807) is 5.19 Å². The number of allylic oxidation sites excluding steroid dienone is 3. The second-order valence-electron chi connectivity index (χ2n) is 8.58. The zero-order chi connectivity index (χ0) is 17.1. The van der Waals surface area contributed by atoms with Crippen molar-refractivity contribution in [2.75, 3.05) is 0 Å². The minimum atomic E-state index is -1.53. The SMILES string of the molecule is CC1([Si](C)(C)c2ccccc2)CCC=C(/C=C/O[Si](C)(C)C)C1. The summed E-state index contributed by atoms with van der Waals surface area (Å²) in [5.74, 6) is 0. The second-order valence-corrected chi connectivity index (χ2v) is 18.1. The van der Waals surface area contributed by atoms with Crippen LogP contribution in [0.3, 0.4) is 0 Å². The quantitative estimate of drug-likeness (QED) is 0.482. The predicted molar refractivity (Wildman–Crippen MR) is 107 cm³/mol. The van der Waals surface area contributed by atoms with Gasteiger partial charge in [0.25, 0.3) is 0 Å². The smallest absolute Gasteiger partial charge is 0.241 e. The van der Waals surface area contributed by atoms with Gasteiger partial charge < -0.3 is 4.43 Å². The van der Waals surface area contributed by atoms with E-state index in [0.717, 1.165) is 0 Å². The summed E-state index contributed by atoms with van der Waals surface area (Å²) in [5, 5.41) is 1.98. The van der Waals surface area contributed by atoms with E-state index in [1.807, 2.05) is 6.26 Å². The summed E-state index contributed by atoms with van der Waals surface area (Å²) in [5.41, 5.74) is 1.45. The Bertz CT molecular complexity index is 581. The summed E-state index contributed by atoms with van der Waals surface area (Å²) < 4.78 is 5.90. The van der Waals surface area contributed by atoms with Crippen LogP contribution in [0.15, 0.2) is 54.3 Å². The molecule has 0 aromatic heterocycles. The third-order valence-corrected chi connectivity index (χ3v) is 11.5. The minimum absolute atomic E-state index is 0.405. The molecular weight excluding hydrogens is 312 g/mol. The summed E-state index contributed by atoms with van der Waals surface area (Å²) in [4.78, 5) is 0. The second kappa shape index (κ2) is 6.82. The van der Waals surface area contributed by atoms with E-state index < -0.39 is 16.4 Å². The molecule has 0 saturated heterocycles. The van der Waals surface area contributed by atoms with E-state index >= 15 is 0 Å². The maximum Gasteiger partial charge on any atom is 0.241 e. The summed E-state index contributed by atoms with van der Waals surface area (Å²) in [6.45, 7) is 14.2. The van der Waals surface area contributed by atoms with Crippen molar-refractivity contribution in [2.24, 2.45) is 0 Å². The number of rotatable bonds is 5. The highest BCUT2D eigenvalue weighted by molar-refractivity contribution is 6.92. The third kappa shape index (κ3) is 4.48. The molecule has 1 unspecified atom stereocenters. The molecule has 1 aromatic carbocycles. The molecule has 1 nitrogen and oxygen atoms in total. The Morgan fingerprint density at radius 3 is 2.30 bits per heavy atom. The maximum absolute atomic E-state index is 5.90. The summed E-state index contributed by atoms with van der Waals surface area (Å²) in [6, 6.07) is 11.2. The molecule has 23 heavy (non-hydrogen) atoms. The minimum Gasteiger partial charge on any atom is -0.550 e. The van der Waals surface area contributed by atoms with Gasteiger partial charge >= 0.3 is 0 Å². The first kappa shape index (κ1) is 18.3. The predicted octanol–water partition coefficient (Wildman–Crippen LogP) is 5.84. The molecule has 0 saturated carbocycles. The fourth-order valence-electron chi connectivity index (χ4n) is 3.38. The van der Waals surface area contributed by atoms with Crippen LogP contribution in [-0.4, -0.2) is 16.4 Å². The fraction of sp³-hybridized carbons (Fsp3) is 0.500. The highest BCUT2D eigenvalue weighted by Gasteiger charge is 2.44. The van der Waals surface area contributed by atoms with Gasteiger partial charge in [-0.1, -0.05) is 61.6 Å². The van der Waals surface area contributed by atoms with Crippen molar-refractivity contribution in [3.8, 4) is 0 Å². The Balaban J connectivity index is 2.16. The highest BCUT2D eigenvalue weighted by Crippen LogP contribution is 2.50. The molecule has 0 aliphatic heterocycles. The van der Waals surface area contributed by atoms with Gasteiger partial charge in [-0.25, -0.2) is 0 Å². The van der Waals surface area contributed by atoms with Crippen LogP contribution in [0.1, 0.15) is 26.2 Å². The monoisotopic (exact) mass is 344 g/mol. The van der Waals surface area contributed by atoms with E-state index in [-0.39, 0.29) is 0 Å². The highest BCUT2D eigenvalue weighted by atomic mass is 28.4. The molecule has 0 bridgehead atoms. The third-order valence-electron chi connectivity index (χ3n) is 5.41. The van der Waals surface area contributed by atoms with Crippen LogP contribution in [0.4, 0.5) is 0 Å². The molecule has 0 spiro atoms. The molecule has 0 heterocycles. The van der Waals surface area contributed by atoms with Gasteiger partial charge in [0.05, 0.1) is 14.3 Å². The molecule has 0 radical (unpaired) electrons. The number of hydrogen-bond donors (Lipinski definition) is 0. The van der Waals surface area contributed by atoms with Gasteiger partial charge in [0.1, 0.15) is 0 Å². The van der Waals surface area contributed by atoms with E-state index in [1.165, 1.54) is 24.8 Å². The fourth-order valence-corrected chi connectivity index (χ4v) is 6.99. The molecule has 1 atom stereocenters. The van der Waals surface area contributed by atoms with E-state index in [9.17, 15) is 0 Å². The Hall–Kier alpha value is -1.07. The molecule has 2 rings (SSSR count). The molecule has 1 aliphatic rings. The van der Waals surface area contributed by atoms with E-state index in [2.05, 4.69) is 82.1 Å². The molecule has 126 valence electrons. The average molecular weight is 345 g/mol. The van der Waals surface area contributed by atoms with E-state index in [4.69, 9.17) is 4.43 Å². The van der Waals surface area contributed by atoms with Crippen molar-refractivity contribution in [2.45, 2.75) is 64.0 Å². The molecule has 0 fully saturated rings. The van der Waals surface area contributed by atoms with Gasteiger partial charge in [-0.2, -0.15) is 0 Å². The Kier molecular flexibility index (Phi) is 5.42. The lowest BCUT2D eigenvalue weighted by Crippen LogP contribution is -2.52. The van der Waals surface area contributed by atoms with Crippen LogP contribution >= 0.6 is 0 Å². The lowest BCUT2D eigenvalue weighted by atomic mass is 9.89. The zero-order valence-electron chi connectivity index (χ0n) is 15.6. The summed E-state index contributed by atoms with van der Waals surface area (Å²) in [7, 11) is -3.00. The first-order valence-electron chi connectivity index (χ1n) is 8.73. The van der Waals surface area contributed by atoms with E-state index in [0.29, 0.717) is 5.04 Å². The van der Waals surface area contributed by atoms with Crippen LogP contribution in [0.25, 0.3) is 0 Å². The topological polar surface area (TPSA) is 9.23 Å². The Morgan fingerprint density at radius 2 is 1.70 bits per heavy atom. The van der Waals surface area contributed by atoms with Crippen molar-refractivity contribution in [1.29, 1.82) is 0 Å². The van der Waals surface area contributed by atoms with Crippen molar-refractivity contribution in [3.05, 3.63) is 54.3 Å². The van der Waals surface area contributed by atoms with Crippen molar-refractivity contribution in [3.63, 3.8) is 0 Å². The Morgan fingerprint density at radius 1 is 1.04 bits per heavy atom. The number of benzene rings is 1. The maximum atomic E-state index is 5.90. The van der Waals surface area contributed by atoms with Crippen molar-refractivity contribution >= 4 is 21.6 Å². The van der Waals surface area contributed by atoms with Crippen LogP contribution in [0.5, 0.6) is 0 Å². The standard InChI is InChI=1S/C20H32OSi2/c1-20(23(5,6)19-12-8-7-9-13-19)15-10-11-18(17-20)14-16-21-22(2,3)4/h7-9,11-14,16H,10,15,17H2,1-6H3/b16-14+. The summed E-state index contributed by atoms with van der Waals surface area (Å²) in [6.07, 6.45) is 10.2. The molecule has 0 amide bonds. The first-order chi connectivity index (χ1) is 10.6. The molecule has 0 N–H and O–H groups in total. The Labute approximate surface area is 144 Å². The van der Waals surface area contributed by atoms with Crippen LogP contribution in [0.2, 0.25) is 37.8 Å². The van der Waals surface area contributed by atoms with Gasteiger partial charge in [0, 0.05) is 0 Å². The first-order valence-corrected chi connectivity index (χ1v) is 15.1. The molecular formula is C20H32OSi2. The van der Waals surface area contributed by atoms with Gasteiger partial charge in [0.15, 0.2) is 0 Å². The van der Waals surface area contributed by atoms with Gasteiger partial charge in [0.2, 0.25) is 8.32 Å².